The lowest BCUT2D eigenvalue weighted by atomic mass is 10.1. The van der Waals surface area contributed by atoms with Crippen LogP contribution in [0.25, 0.3) is 17.1 Å². The third-order valence-electron chi connectivity index (χ3n) is 3.57. The summed E-state index contributed by atoms with van der Waals surface area (Å²) in [5, 5.41) is 4.02. The van der Waals surface area contributed by atoms with Crippen LogP contribution in [0.1, 0.15) is 5.69 Å². The van der Waals surface area contributed by atoms with E-state index in [0.717, 1.165) is 23.2 Å². The summed E-state index contributed by atoms with van der Waals surface area (Å²) in [5.74, 6) is -0.00100. The van der Waals surface area contributed by atoms with Gasteiger partial charge < -0.3 is 0 Å². The topological polar surface area (TPSA) is 64.8 Å². The molecule has 5 nitrogen and oxygen atoms in total. The van der Waals surface area contributed by atoms with Crippen molar-refractivity contribution in [3.05, 3.63) is 58.3 Å². The van der Waals surface area contributed by atoms with Crippen LogP contribution in [0.15, 0.2) is 47.5 Å². The van der Waals surface area contributed by atoms with Crippen LogP contribution in [0.4, 0.5) is 13.2 Å². The Kier molecular flexibility index (Phi) is 4.96. The summed E-state index contributed by atoms with van der Waals surface area (Å²) >= 11 is 12.0. The monoisotopic (exact) mass is 435 g/mol. The van der Waals surface area contributed by atoms with Gasteiger partial charge >= 0.3 is 6.18 Å². The number of halogens is 5. The maximum absolute atomic E-state index is 13.2. The Labute approximate surface area is 162 Å². The number of benzene rings is 1. The lowest BCUT2D eigenvalue weighted by molar-refractivity contribution is -0.141. The molecule has 0 aliphatic carbocycles. The van der Waals surface area contributed by atoms with E-state index in [4.69, 9.17) is 23.2 Å². The van der Waals surface area contributed by atoms with Gasteiger partial charge in [-0.3, -0.25) is 0 Å². The molecule has 27 heavy (non-hydrogen) atoms. The second kappa shape index (κ2) is 6.81. The summed E-state index contributed by atoms with van der Waals surface area (Å²) in [5.41, 5.74) is -0.848. The van der Waals surface area contributed by atoms with Crippen LogP contribution in [0.5, 0.6) is 0 Å². The Balaban J connectivity index is 2.21. The van der Waals surface area contributed by atoms with E-state index in [1.54, 1.807) is 0 Å². The van der Waals surface area contributed by atoms with Crippen molar-refractivity contribution in [1.82, 2.24) is 14.8 Å². The molecule has 3 aromatic rings. The van der Waals surface area contributed by atoms with Crippen LogP contribution >= 0.6 is 23.2 Å². The van der Waals surface area contributed by atoms with Gasteiger partial charge in [-0.15, -0.1) is 0 Å². The zero-order valence-corrected chi connectivity index (χ0v) is 15.8. The Morgan fingerprint density at radius 1 is 1.07 bits per heavy atom. The molecule has 0 radical (unpaired) electrons. The first-order chi connectivity index (χ1) is 12.5. The van der Waals surface area contributed by atoms with Crippen LogP contribution in [0.3, 0.4) is 0 Å². The second-order valence-electron chi connectivity index (χ2n) is 5.57. The average molecular weight is 436 g/mol. The number of pyridine rings is 1. The molecule has 142 valence electrons. The summed E-state index contributed by atoms with van der Waals surface area (Å²) in [6.07, 6.45) is -2.64. The number of aromatic nitrogens is 3. The zero-order chi connectivity index (χ0) is 20.0. The highest BCUT2D eigenvalue weighted by Crippen LogP contribution is 2.36. The highest BCUT2D eigenvalue weighted by atomic mass is 35.5. The predicted octanol–water partition coefficient (Wildman–Crippen LogP) is 4.66. The standard InChI is InChI=1S/C16H10Cl2F3N3O2S/c1-27(25,26)10-3-5-15(22-8-10)24-13(7-14(23-24)16(19,20)21)11-4-2-9(17)6-12(11)18/h2-8H,1H3. The minimum Gasteiger partial charge on any atom is -0.236 e. The first kappa shape index (κ1) is 19.7. The third kappa shape index (κ3) is 4.10. The van der Waals surface area contributed by atoms with Crippen molar-refractivity contribution in [2.75, 3.05) is 6.26 Å². The van der Waals surface area contributed by atoms with E-state index in [2.05, 4.69) is 10.1 Å². The number of sulfone groups is 1. The Hall–Kier alpha value is -2.10. The van der Waals surface area contributed by atoms with E-state index in [1.165, 1.54) is 30.3 Å². The molecular formula is C16H10Cl2F3N3O2S. The van der Waals surface area contributed by atoms with Crippen molar-refractivity contribution >= 4 is 33.0 Å². The molecule has 0 atom stereocenters. The molecule has 0 unspecified atom stereocenters. The van der Waals surface area contributed by atoms with E-state index in [0.29, 0.717) is 5.02 Å². The normalized spacial score (nSPS) is 12.4. The van der Waals surface area contributed by atoms with Crippen LogP contribution < -0.4 is 0 Å². The minimum absolute atomic E-state index is 0.00100. The first-order valence-electron chi connectivity index (χ1n) is 7.26. The maximum Gasteiger partial charge on any atom is 0.435 e. The lowest BCUT2D eigenvalue weighted by Gasteiger charge is -2.09. The van der Waals surface area contributed by atoms with Gasteiger partial charge in [0.2, 0.25) is 0 Å². The Morgan fingerprint density at radius 2 is 1.78 bits per heavy atom. The van der Waals surface area contributed by atoms with Gasteiger partial charge in [-0.05, 0) is 36.4 Å². The van der Waals surface area contributed by atoms with Crippen LogP contribution in [-0.2, 0) is 16.0 Å². The number of rotatable bonds is 3. The third-order valence-corrected chi connectivity index (χ3v) is 5.22. The van der Waals surface area contributed by atoms with Crippen LogP contribution in [-0.4, -0.2) is 29.4 Å². The molecule has 3 rings (SSSR count). The second-order valence-corrected chi connectivity index (χ2v) is 8.43. The van der Waals surface area contributed by atoms with Crippen molar-refractivity contribution in [2.45, 2.75) is 11.1 Å². The fourth-order valence-electron chi connectivity index (χ4n) is 2.30. The van der Waals surface area contributed by atoms with Crippen molar-refractivity contribution in [3.63, 3.8) is 0 Å². The summed E-state index contributed by atoms with van der Waals surface area (Å²) in [6, 6.07) is 7.66. The molecule has 2 heterocycles. The zero-order valence-electron chi connectivity index (χ0n) is 13.5. The highest BCUT2D eigenvalue weighted by molar-refractivity contribution is 7.90. The van der Waals surface area contributed by atoms with Crippen LogP contribution in [0, 0.1) is 0 Å². The molecule has 0 saturated carbocycles. The molecule has 2 aromatic heterocycles. The predicted molar refractivity (Wildman–Crippen MR) is 94.9 cm³/mol. The fraction of sp³-hybridized carbons (Fsp3) is 0.125. The molecule has 11 heteroatoms. The molecule has 0 fully saturated rings. The quantitative estimate of drug-likeness (QED) is 0.599. The summed E-state index contributed by atoms with van der Waals surface area (Å²) in [7, 11) is -3.50. The smallest absolute Gasteiger partial charge is 0.236 e. The summed E-state index contributed by atoms with van der Waals surface area (Å²) in [6.45, 7) is 0. The summed E-state index contributed by atoms with van der Waals surface area (Å²) < 4.78 is 63.5. The van der Waals surface area contributed by atoms with Gasteiger partial charge in [0.25, 0.3) is 0 Å². The fourth-order valence-corrected chi connectivity index (χ4v) is 3.37. The van der Waals surface area contributed by atoms with E-state index >= 15 is 0 Å². The van der Waals surface area contributed by atoms with Crippen molar-refractivity contribution in [3.8, 4) is 17.1 Å². The molecule has 0 saturated heterocycles. The lowest BCUT2D eigenvalue weighted by Crippen LogP contribution is -2.08. The van der Waals surface area contributed by atoms with Gasteiger partial charge in [-0.25, -0.2) is 18.1 Å². The SMILES string of the molecule is CS(=O)(=O)c1ccc(-n2nc(C(F)(F)F)cc2-c2ccc(Cl)cc2Cl)nc1. The molecule has 0 amide bonds. The van der Waals surface area contributed by atoms with Crippen molar-refractivity contribution in [2.24, 2.45) is 0 Å². The van der Waals surface area contributed by atoms with E-state index < -0.39 is 21.7 Å². The Bertz CT molecular complexity index is 1110. The van der Waals surface area contributed by atoms with Gasteiger partial charge in [0.15, 0.2) is 21.3 Å². The molecule has 0 N–H and O–H groups in total. The number of hydrogen-bond donors (Lipinski definition) is 0. The minimum atomic E-state index is -4.69. The van der Waals surface area contributed by atoms with E-state index in [-0.39, 0.29) is 27.0 Å². The van der Waals surface area contributed by atoms with Gasteiger partial charge in [-0.2, -0.15) is 18.3 Å². The molecule has 1 aromatic carbocycles. The molecule has 0 aliphatic rings. The molecule has 0 bridgehead atoms. The van der Waals surface area contributed by atoms with E-state index in [1.807, 2.05) is 0 Å². The van der Waals surface area contributed by atoms with Gasteiger partial charge in [0.05, 0.1) is 15.6 Å². The largest absolute Gasteiger partial charge is 0.435 e. The van der Waals surface area contributed by atoms with Gasteiger partial charge in [0.1, 0.15) is 0 Å². The van der Waals surface area contributed by atoms with Crippen LogP contribution in [0.2, 0.25) is 10.0 Å². The van der Waals surface area contributed by atoms with E-state index in [9.17, 15) is 21.6 Å². The van der Waals surface area contributed by atoms with Gasteiger partial charge in [-0.1, -0.05) is 23.2 Å². The summed E-state index contributed by atoms with van der Waals surface area (Å²) in [4.78, 5) is 3.86. The first-order valence-corrected chi connectivity index (χ1v) is 9.91. The number of nitrogens with zero attached hydrogens (tertiary/aromatic N) is 3. The molecule has 0 aliphatic heterocycles. The maximum atomic E-state index is 13.2. The van der Waals surface area contributed by atoms with Crippen molar-refractivity contribution < 1.29 is 21.6 Å². The van der Waals surface area contributed by atoms with Gasteiger partial charge in [0, 0.05) is 23.0 Å². The number of hydrogen-bond acceptors (Lipinski definition) is 4. The average Bonchev–Trinajstić information content (AvgIpc) is 2.99. The number of alkyl halides is 3. The molecule has 0 spiro atoms. The molecular weight excluding hydrogens is 426 g/mol. The highest BCUT2D eigenvalue weighted by Gasteiger charge is 2.35. The van der Waals surface area contributed by atoms with Crippen molar-refractivity contribution in [1.29, 1.82) is 0 Å². The Morgan fingerprint density at radius 3 is 2.30 bits per heavy atom.